The number of nitrogens with one attached hydrogen (secondary N) is 1. The maximum absolute atomic E-state index is 12.9. The van der Waals surface area contributed by atoms with E-state index in [1.54, 1.807) is 38.2 Å². The van der Waals surface area contributed by atoms with Crippen molar-refractivity contribution in [2.45, 2.75) is 25.9 Å². The molecule has 1 aliphatic rings. The highest BCUT2D eigenvalue weighted by Gasteiger charge is 2.49. The standard InChI is InChI=1S/C21H22ClN3O3/c1-14-6-4-5-7-15(14)12-24(3)18(26)13-25-19(27)21(2,23-20(25)28)16-8-10-17(22)11-9-16/h4-11H,12-13H2,1-3H3,(H,23,28)/t21-/m0/s1. The van der Waals surface area contributed by atoms with Crippen LogP contribution in [0, 0.1) is 6.92 Å². The molecule has 1 saturated heterocycles. The molecule has 1 N–H and O–H groups in total. The van der Waals surface area contributed by atoms with E-state index in [9.17, 15) is 14.4 Å². The first-order valence-electron chi connectivity index (χ1n) is 8.91. The number of hydrogen-bond acceptors (Lipinski definition) is 3. The summed E-state index contributed by atoms with van der Waals surface area (Å²) < 4.78 is 0. The zero-order valence-corrected chi connectivity index (χ0v) is 16.8. The monoisotopic (exact) mass is 399 g/mol. The summed E-state index contributed by atoms with van der Waals surface area (Å²) in [6.07, 6.45) is 0. The highest BCUT2D eigenvalue weighted by atomic mass is 35.5. The van der Waals surface area contributed by atoms with Crippen LogP contribution in [0.25, 0.3) is 0 Å². The van der Waals surface area contributed by atoms with Crippen molar-refractivity contribution < 1.29 is 14.4 Å². The quantitative estimate of drug-likeness (QED) is 0.785. The number of amides is 4. The van der Waals surface area contributed by atoms with Crippen LogP contribution in [0.15, 0.2) is 48.5 Å². The fourth-order valence-corrected chi connectivity index (χ4v) is 3.33. The fourth-order valence-electron chi connectivity index (χ4n) is 3.21. The van der Waals surface area contributed by atoms with Gasteiger partial charge in [0.15, 0.2) is 0 Å². The van der Waals surface area contributed by atoms with E-state index in [1.807, 2.05) is 31.2 Å². The Morgan fingerprint density at radius 2 is 1.79 bits per heavy atom. The molecule has 1 heterocycles. The second kappa shape index (κ2) is 7.64. The highest BCUT2D eigenvalue weighted by Crippen LogP contribution is 2.29. The molecule has 0 spiro atoms. The third-order valence-corrected chi connectivity index (χ3v) is 5.34. The Balaban J connectivity index is 1.72. The Morgan fingerprint density at radius 3 is 2.43 bits per heavy atom. The number of urea groups is 1. The molecule has 4 amide bonds. The lowest BCUT2D eigenvalue weighted by Crippen LogP contribution is -2.43. The van der Waals surface area contributed by atoms with Gasteiger partial charge in [0.2, 0.25) is 5.91 Å². The Bertz CT molecular complexity index is 929. The molecule has 1 atom stereocenters. The van der Waals surface area contributed by atoms with Gasteiger partial charge in [-0.1, -0.05) is 48.0 Å². The van der Waals surface area contributed by atoms with E-state index in [1.165, 1.54) is 4.90 Å². The lowest BCUT2D eigenvalue weighted by atomic mass is 9.92. The molecular formula is C21H22ClN3O3. The van der Waals surface area contributed by atoms with Gasteiger partial charge in [0, 0.05) is 18.6 Å². The second-order valence-electron chi connectivity index (χ2n) is 7.13. The van der Waals surface area contributed by atoms with Gasteiger partial charge >= 0.3 is 6.03 Å². The predicted molar refractivity (Wildman–Crippen MR) is 107 cm³/mol. The molecule has 146 valence electrons. The second-order valence-corrected chi connectivity index (χ2v) is 7.57. The molecule has 6 nitrogen and oxygen atoms in total. The number of imide groups is 1. The first-order valence-corrected chi connectivity index (χ1v) is 9.29. The van der Waals surface area contributed by atoms with Gasteiger partial charge in [-0.25, -0.2) is 4.79 Å². The van der Waals surface area contributed by atoms with Gasteiger partial charge in [-0.2, -0.15) is 0 Å². The van der Waals surface area contributed by atoms with Gasteiger partial charge in [0.05, 0.1) is 0 Å². The van der Waals surface area contributed by atoms with Crippen molar-refractivity contribution in [1.29, 1.82) is 0 Å². The van der Waals surface area contributed by atoms with Gasteiger partial charge in [-0.3, -0.25) is 14.5 Å². The molecule has 0 aromatic heterocycles. The molecule has 3 rings (SSSR count). The van der Waals surface area contributed by atoms with E-state index in [4.69, 9.17) is 11.6 Å². The number of carbonyl (C=O) groups excluding carboxylic acids is 3. The molecule has 1 fully saturated rings. The zero-order valence-electron chi connectivity index (χ0n) is 16.0. The number of likely N-dealkylation sites (N-methyl/N-ethyl adjacent to an activating group) is 1. The molecule has 7 heteroatoms. The summed E-state index contributed by atoms with van der Waals surface area (Å²) in [4.78, 5) is 40.5. The summed E-state index contributed by atoms with van der Waals surface area (Å²) in [7, 11) is 1.66. The minimum atomic E-state index is -1.23. The molecule has 0 unspecified atom stereocenters. The summed E-state index contributed by atoms with van der Waals surface area (Å²) >= 11 is 5.91. The lowest BCUT2D eigenvalue weighted by Gasteiger charge is -2.23. The first-order chi connectivity index (χ1) is 13.2. The summed E-state index contributed by atoms with van der Waals surface area (Å²) in [6.45, 7) is 3.69. The average Bonchev–Trinajstić information content (AvgIpc) is 2.88. The van der Waals surface area contributed by atoms with E-state index in [-0.39, 0.29) is 12.5 Å². The minimum Gasteiger partial charge on any atom is -0.340 e. The smallest absolute Gasteiger partial charge is 0.325 e. The van der Waals surface area contributed by atoms with Crippen LogP contribution in [-0.2, 0) is 21.7 Å². The average molecular weight is 400 g/mol. The highest BCUT2D eigenvalue weighted by molar-refractivity contribution is 6.30. The third kappa shape index (κ3) is 3.73. The Morgan fingerprint density at radius 1 is 1.14 bits per heavy atom. The molecule has 0 saturated carbocycles. The molecular weight excluding hydrogens is 378 g/mol. The summed E-state index contributed by atoms with van der Waals surface area (Å²) in [5.74, 6) is -0.774. The Kier molecular flexibility index (Phi) is 5.42. The van der Waals surface area contributed by atoms with Crippen molar-refractivity contribution in [2.75, 3.05) is 13.6 Å². The van der Waals surface area contributed by atoms with Gasteiger partial charge in [0.1, 0.15) is 12.1 Å². The topological polar surface area (TPSA) is 69.7 Å². The summed E-state index contributed by atoms with van der Waals surface area (Å²) in [5.41, 5.74) is 1.48. The molecule has 2 aromatic carbocycles. The molecule has 0 bridgehead atoms. The van der Waals surface area contributed by atoms with Gasteiger partial charge in [-0.15, -0.1) is 0 Å². The molecule has 1 aliphatic heterocycles. The first kappa shape index (κ1) is 19.9. The van der Waals surface area contributed by atoms with Gasteiger partial charge in [-0.05, 0) is 42.7 Å². The van der Waals surface area contributed by atoms with Crippen molar-refractivity contribution in [3.05, 3.63) is 70.2 Å². The number of hydrogen-bond donors (Lipinski definition) is 1. The van der Waals surface area contributed by atoms with Crippen LogP contribution < -0.4 is 5.32 Å². The SMILES string of the molecule is Cc1ccccc1CN(C)C(=O)CN1C(=O)N[C@@](C)(c2ccc(Cl)cc2)C1=O. The maximum Gasteiger partial charge on any atom is 0.325 e. The number of halogens is 1. The molecule has 0 aliphatic carbocycles. The summed E-state index contributed by atoms with van der Waals surface area (Å²) in [6, 6.07) is 13.9. The van der Waals surface area contributed by atoms with Crippen molar-refractivity contribution in [2.24, 2.45) is 0 Å². The van der Waals surface area contributed by atoms with Gasteiger partial charge in [0.25, 0.3) is 5.91 Å². The van der Waals surface area contributed by atoms with Crippen molar-refractivity contribution in [3.8, 4) is 0 Å². The number of aryl methyl sites for hydroxylation is 1. The third-order valence-electron chi connectivity index (χ3n) is 5.08. The largest absolute Gasteiger partial charge is 0.340 e. The van der Waals surface area contributed by atoms with Gasteiger partial charge < -0.3 is 10.2 Å². The van der Waals surface area contributed by atoms with E-state index in [0.717, 1.165) is 16.0 Å². The predicted octanol–water partition coefficient (Wildman–Crippen LogP) is 3.07. The van der Waals surface area contributed by atoms with E-state index >= 15 is 0 Å². The summed E-state index contributed by atoms with van der Waals surface area (Å²) in [5, 5.41) is 3.23. The maximum atomic E-state index is 12.9. The van der Waals surface area contributed by atoms with Crippen LogP contribution in [0.1, 0.15) is 23.6 Å². The Hall–Kier alpha value is -2.86. The molecule has 0 radical (unpaired) electrons. The van der Waals surface area contributed by atoms with Crippen LogP contribution in [0.2, 0.25) is 5.02 Å². The minimum absolute atomic E-state index is 0.309. The van der Waals surface area contributed by atoms with Crippen LogP contribution in [0.3, 0.4) is 0 Å². The lowest BCUT2D eigenvalue weighted by molar-refractivity contribution is -0.138. The van der Waals surface area contributed by atoms with E-state index in [2.05, 4.69) is 5.32 Å². The Labute approximate surface area is 169 Å². The van der Waals surface area contributed by atoms with Crippen LogP contribution in [-0.4, -0.2) is 41.2 Å². The van der Waals surface area contributed by atoms with E-state index < -0.39 is 17.5 Å². The molecule has 28 heavy (non-hydrogen) atoms. The van der Waals surface area contributed by atoms with E-state index in [0.29, 0.717) is 17.1 Å². The van der Waals surface area contributed by atoms with Crippen molar-refractivity contribution in [1.82, 2.24) is 15.1 Å². The van der Waals surface area contributed by atoms with Crippen LogP contribution >= 0.6 is 11.6 Å². The normalized spacial score (nSPS) is 18.9. The zero-order chi connectivity index (χ0) is 20.5. The van der Waals surface area contributed by atoms with Crippen LogP contribution in [0.4, 0.5) is 4.79 Å². The fraction of sp³-hybridized carbons (Fsp3) is 0.286. The number of carbonyl (C=O) groups is 3. The number of rotatable bonds is 5. The molecule has 2 aromatic rings. The van der Waals surface area contributed by atoms with Crippen LogP contribution in [0.5, 0.6) is 0 Å². The van der Waals surface area contributed by atoms with Crippen molar-refractivity contribution >= 4 is 29.4 Å². The van der Waals surface area contributed by atoms with Crippen molar-refractivity contribution in [3.63, 3.8) is 0 Å². The number of benzene rings is 2. The number of nitrogens with zero attached hydrogens (tertiary/aromatic N) is 2.